The van der Waals surface area contributed by atoms with Crippen LogP contribution in [0, 0.1) is 6.92 Å². The Morgan fingerprint density at radius 3 is 2.35 bits per heavy atom. The number of carbonyl (C=O) groups excluding carboxylic acids is 1. The Hall–Kier alpha value is -2.64. The van der Waals surface area contributed by atoms with E-state index in [9.17, 15) is 13.2 Å². The van der Waals surface area contributed by atoms with Crippen LogP contribution < -0.4 is 9.04 Å². The number of aryl methyl sites for hydroxylation is 1. The summed E-state index contributed by atoms with van der Waals surface area (Å²) in [7, 11) is -2.51. The average Bonchev–Trinajstić information content (AvgIpc) is 3.18. The lowest BCUT2D eigenvalue weighted by Gasteiger charge is -2.22. The maximum Gasteiger partial charge on any atom is 0.280 e. The number of methoxy groups -OCH3 is 1. The summed E-state index contributed by atoms with van der Waals surface area (Å²) in [5.74, 6) is -0.0301. The SMILES string of the molecule is COc1ccc(N(C(=O)c2cccc(C)c2)S(=O)(=O)c2cccs2)cc1. The minimum atomic E-state index is -4.03. The second kappa shape index (κ2) is 7.31. The lowest BCUT2D eigenvalue weighted by Crippen LogP contribution is -2.36. The molecule has 1 amide bonds. The zero-order valence-corrected chi connectivity index (χ0v) is 15.9. The molecule has 0 spiro atoms. The van der Waals surface area contributed by atoms with Gasteiger partial charge in [0.1, 0.15) is 9.96 Å². The van der Waals surface area contributed by atoms with E-state index in [1.165, 1.54) is 13.2 Å². The fraction of sp³-hybridized carbons (Fsp3) is 0.105. The first-order valence-electron chi connectivity index (χ1n) is 7.77. The molecule has 2 aromatic carbocycles. The van der Waals surface area contributed by atoms with Crippen LogP contribution in [0.2, 0.25) is 0 Å². The second-order valence-corrected chi connectivity index (χ2v) is 8.54. The number of carbonyl (C=O) groups is 1. The molecule has 0 aliphatic carbocycles. The molecule has 0 atom stereocenters. The van der Waals surface area contributed by atoms with E-state index >= 15 is 0 Å². The van der Waals surface area contributed by atoms with Gasteiger partial charge in [-0.3, -0.25) is 4.79 Å². The second-order valence-electron chi connectivity index (χ2n) is 5.57. The molecule has 0 aliphatic heterocycles. The fourth-order valence-corrected chi connectivity index (χ4v) is 4.96. The van der Waals surface area contributed by atoms with E-state index in [0.717, 1.165) is 21.2 Å². The largest absolute Gasteiger partial charge is 0.497 e. The first-order valence-corrected chi connectivity index (χ1v) is 10.1. The zero-order chi connectivity index (χ0) is 18.7. The Morgan fingerprint density at radius 1 is 1.04 bits per heavy atom. The van der Waals surface area contributed by atoms with Crippen LogP contribution >= 0.6 is 11.3 Å². The average molecular weight is 387 g/mol. The first kappa shape index (κ1) is 18.2. The Morgan fingerprint density at radius 2 is 1.77 bits per heavy atom. The molecule has 0 bridgehead atoms. The van der Waals surface area contributed by atoms with Crippen LogP contribution in [0.1, 0.15) is 15.9 Å². The maximum absolute atomic E-state index is 13.1. The molecule has 7 heteroatoms. The number of hydrogen-bond donors (Lipinski definition) is 0. The van der Waals surface area contributed by atoms with Crippen LogP contribution in [-0.4, -0.2) is 21.4 Å². The molecular weight excluding hydrogens is 370 g/mol. The van der Waals surface area contributed by atoms with Gasteiger partial charge in [-0.25, -0.2) is 0 Å². The van der Waals surface area contributed by atoms with Crippen molar-refractivity contribution in [1.82, 2.24) is 0 Å². The van der Waals surface area contributed by atoms with E-state index in [-0.39, 0.29) is 9.90 Å². The fourth-order valence-electron chi connectivity index (χ4n) is 2.48. The molecule has 134 valence electrons. The van der Waals surface area contributed by atoms with Crippen LogP contribution in [0.25, 0.3) is 0 Å². The highest BCUT2D eigenvalue weighted by Gasteiger charge is 2.32. The van der Waals surface area contributed by atoms with Gasteiger partial charge in [-0.15, -0.1) is 11.3 Å². The topological polar surface area (TPSA) is 63.7 Å². The first-order chi connectivity index (χ1) is 12.4. The third kappa shape index (κ3) is 3.49. The summed E-state index contributed by atoms with van der Waals surface area (Å²) >= 11 is 1.07. The van der Waals surface area contributed by atoms with Crippen molar-refractivity contribution in [1.29, 1.82) is 0 Å². The Bertz CT molecular complexity index is 1010. The zero-order valence-electron chi connectivity index (χ0n) is 14.2. The summed E-state index contributed by atoms with van der Waals surface area (Å²) in [5.41, 5.74) is 1.44. The predicted octanol–water partition coefficient (Wildman–Crippen LogP) is 4.10. The van der Waals surface area contributed by atoms with E-state index in [1.54, 1.807) is 53.9 Å². The summed E-state index contributed by atoms with van der Waals surface area (Å²) < 4.78 is 32.3. The smallest absolute Gasteiger partial charge is 0.280 e. The van der Waals surface area contributed by atoms with E-state index in [0.29, 0.717) is 11.3 Å². The monoisotopic (exact) mass is 387 g/mol. The van der Waals surface area contributed by atoms with Crippen molar-refractivity contribution in [2.75, 3.05) is 11.4 Å². The molecule has 0 saturated heterocycles. The number of amides is 1. The number of rotatable bonds is 5. The number of thiophene rings is 1. The normalized spacial score (nSPS) is 11.2. The molecule has 0 saturated carbocycles. The number of anilines is 1. The van der Waals surface area contributed by atoms with Crippen molar-refractivity contribution < 1.29 is 17.9 Å². The Kier molecular flexibility index (Phi) is 5.11. The molecular formula is C19H17NO4S2. The molecule has 26 heavy (non-hydrogen) atoms. The van der Waals surface area contributed by atoms with Gasteiger partial charge in [0.2, 0.25) is 0 Å². The number of sulfonamides is 1. The number of ether oxygens (including phenoxy) is 1. The van der Waals surface area contributed by atoms with Crippen molar-refractivity contribution in [3.8, 4) is 5.75 Å². The van der Waals surface area contributed by atoms with Crippen molar-refractivity contribution in [2.45, 2.75) is 11.1 Å². The molecule has 0 aliphatic rings. The van der Waals surface area contributed by atoms with Gasteiger partial charge >= 0.3 is 0 Å². The van der Waals surface area contributed by atoms with Crippen molar-refractivity contribution >= 4 is 33.0 Å². The van der Waals surface area contributed by atoms with Crippen molar-refractivity contribution in [3.05, 3.63) is 77.2 Å². The highest BCUT2D eigenvalue weighted by Crippen LogP contribution is 2.29. The third-order valence-corrected chi connectivity index (χ3v) is 6.83. The molecule has 0 unspecified atom stereocenters. The molecule has 5 nitrogen and oxygen atoms in total. The van der Waals surface area contributed by atoms with Crippen LogP contribution in [0.3, 0.4) is 0 Å². The van der Waals surface area contributed by atoms with Crippen LogP contribution in [0.15, 0.2) is 70.3 Å². The number of benzene rings is 2. The maximum atomic E-state index is 13.1. The minimum absolute atomic E-state index is 0.106. The molecule has 0 N–H and O–H groups in total. The summed E-state index contributed by atoms with van der Waals surface area (Å²) in [5, 5.41) is 1.66. The molecule has 1 heterocycles. The van der Waals surface area contributed by atoms with Gasteiger partial charge in [0.25, 0.3) is 15.9 Å². The summed E-state index contributed by atoms with van der Waals surface area (Å²) in [6.45, 7) is 1.85. The highest BCUT2D eigenvalue weighted by molar-refractivity contribution is 7.95. The standard InChI is InChI=1S/C19H17NO4S2/c1-14-5-3-6-15(13-14)19(21)20(16-8-10-17(24-2)11-9-16)26(22,23)18-7-4-12-25-18/h3-13H,1-2H3. The van der Waals surface area contributed by atoms with E-state index in [2.05, 4.69) is 0 Å². The van der Waals surface area contributed by atoms with Gasteiger partial charge in [0, 0.05) is 5.56 Å². The third-order valence-electron chi connectivity index (χ3n) is 3.75. The quantitative estimate of drug-likeness (QED) is 0.661. The minimum Gasteiger partial charge on any atom is -0.497 e. The van der Waals surface area contributed by atoms with Crippen molar-refractivity contribution in [2.24, 2.45) is 0 Å². The van der Waals surface area contributed by atoms with E-state index in [4.69, 9.17) is 4.74 Å². The lowest BCUT2D eigenvalue weighted by atomic mass is 10.1. The van der Waals surface area contributed by atoms with Gasteiger partial charge in [-0.2, -0.15) is 12.7 Å². The van der Waals surface area contributed by atoms with E-state index in [1.807, 2.05) is 13.0 Å². The van der Waals surface area contributed by atoms with Gasteiger partial charge in [-0.1, -0.05) is 23.8 Å². The lowest BCUT2D eigenvalue weighted by molar-refractivity contribution is 0.101. The van der Waals surface area contributed by atoms with Crippen LogP contribution in [-0.2, 0) is 10.0 Å². The molecule has 3 rings (SSSR count). The van der Waals surface area contributed by atoms with Crippen LogP contribution in [0.4, 0.5) is 5.69 Å². The summed E-state index contributed by atoms with van der Waals surface area (Å²) in [4.78, 5) is 13.1. The predicted molar refractivity (Wildman–Crippen MR) is 102 cm³/mol. The molecule has 1 aromatic heterocycles. The van der Waals surface area contributed by atoms with Gasteiger partial charge in [0.05, 0.1) is 12.8 Å². The Balaban J connectivity index is 2.14. The summed E-state index contributed by atoms with van der Waals surface area (Å²) in [6, 6.07) is 16.3. The molecule has 0 radical (unpaired) electrons. The molecule has 3 aromatic rings. The van der Waals surface area contributed by atoms with Crippen molar-refractivity contribution in [3.63, 3.8) is 0 Å². The van der Waals surface area contributed by atoms with Gasteiger partial charge < -0.3 is 4.74 Å². The number of hydrogen-bond acceptors (Lipinski definition) is 5. The highest BCUT2D eigenvalue weighted by atomic mass is 32.2. The summed E-state index contributed by atoms with van der Waals surface area (Å²) in [6.07, 6.45) is 0. The van der Waals surface area contributed by atoms with Crippen LogP contribution in [0.5, 0.6) is 5.75 Å². The molecule has 0 fully saturated rings. The van der Waals surface area contributed by atoms with Gasteiger partial charge in [-0.05, 0) is 54.8 Å². The number of nitrogens with zero attached hydrogens (tertiary/aromatic N) is 1. The Labute approximate surface area is 156 Å². The van der Waals surface area contributed by atoms with Gasteiger partial charge in [0.15, 0.2) is 0 Å². The van der Waals surface area contributed by atoms with E-state index < -0.39 is 15.9 Å².